The fourth-order valence-electron chi connectivity index (χ4n) is 2.68. The van der Waals surface area contributed by atoms with E-state index in [9.17, 15) is 4.79 Å². The minimum Gasteiger partial charge on any atom is -0.490 e. The van der Waals surface area contributed by atoms with Crippen LogP contribution in [0.25, 0.3) is 22.2 Å². The zero-order chi connectivity index (χ0) is 18.5. The van der Waals surface area contributed by atoms with Gasteiger partial charge in [0.2, 0.25) is 6.41 Å². The molecular weight excluding hydrogens is 328 g/mol. The maximum Gasteiger partial charge on any atom is 0.213 e. The molecule has 6 heteroatoms. The number of pyridine rings is 1. The molecule has 0 fully saturated rings. The van der Waals surface area contributed by atoms with Crippen LogP contribution in [-0.4, -0.2) is 23.5 Å². The third-order valence-corrected chi connectivity index (χ3v) is 3.70. The third kappa shape index (κ3) is 3.80. The van der Waals surface area contributed by atoms with Gasteiger partial charge in [0, 0.05) is 10.9 Å². The van der Waals surface area contributed by atoms with Crippen LogP contribution in [0.4, 0.5) is 5.69 Å². The fourth-order valence-corrected chi connectivity index (χ4v) is 2.68. The van der Waals surface area contributed by atoms with Crippen molar-refractivity contribution in [3.8, 4) is 17.0 Å². The normalized spacial score (nSPS) is 10.6. The molecule has 132 valence electrons. The standard InChI is InChI=1S/C20H20N4O2/c1-13(2)26-19-10-6-4-8-15(19)18-11-17(24-20(21)22-12-25)14-7-3-5-9-16(14)23-18/h3-13H,1-2H3,(H3,21,22,23,24,25). The molecule has 1 amide bonds. The van der Waals surface area contributed by atoms with Gasteiger partial charge in [-0.2, -0.15) is 0 Å². The largest absolute Gasteiger partial charge is 0.490 e. The summed E-state index contributed by atoms with van der Waals surface area (Å²) >= 11 is 0. The van der Waals surface area contributed by atoms with Gasteiger partial charge in [-0.15, -0.1) is 0 Å². The molecule has 0 saturated carbocycles. The van der Waals surface area contributed by atoms with Crippen LogP contribution in [0.1, 0.15) is 13.8 Å². The van der Waals surface area contributed by atoms with Gasteiger partial charge in [0.25, 0.3) is 0 Å². The maximum atomic E-state index is 10.6. The highest BCUT2D eigenvalue weighted by molar-refractivity contribution is 6.04. The lowest BCUT2D eigenvalue weighted by Crippen LogP contribution is -2.28. The SMILES string of the molecule is CC(C)Oc1ccccc1-c1cc(NC(=N)NC=O)c2ccccc2n1. The molecule has 0 aliphatic heterocycles. The quantitative estimate of drug-likeness (QED) is 0.372. The van der Waals surface area contributed by atoms with Gasteiger partial charge in [0.15, 0.2) is 5.96 Å². The molecule has 0 atom stereocenters. The minimum atomic E-state index is -0.103. The molecule has 0 saturated heterocycles. The smallest absolute Gasteiger partial charge is 0.213 e. The molecule has 0 bridgehead atoms. The molecule has 1 aromatic heterocycles. The minimum absolute atomic E-state index is 0.0409. The van der Waals surface area contributed by atoms with E-state index in [1.54, 1.807) is 0 Å². The van der Waals surface area contributed by atoms with Crippen molar-refractivity contribution in [2.75, 3.05) is 5.32 Å². The van der Waals surface area contributed by atoms with Gasteiger partial charge in [-0.25, -0.2) is 4.98 Å². The molecule has 0 aliphatic rings. The molecule has 3 aromatic rings. The average molecular weight is 348 g/mol. The van der Waals surface area contributed by atoms with Gasteiger partial charge in [0.05, 0.1) is 23.0 Å². The van der Waals surface area contributed by atoms with Crippen LogP contribution >= 0.6 is 0 Å². The lowest BCUT2D eigenvalue weighted by Gasteiger charge is -2.16. The van der Waals surface area contributed by atoms with Crippen molar-refractivity contribution in [1.82, 2.24) is 10.3 Å². The summed E-state index contributed by atoms with van der Waals surface area (Å²) in [6, 6.07) is 17.2. The van der Waals surface area contributed by atoms with Crippen molar-refractivity contribution in [3.63, 3.8) is 0 Å². The Hall–Kier alpha value is -3.41. The fraction of sp³-hybridized carbons (Fsp3) is 0.150. The number of guanidine groups is 1. The first-order valence-electron chi connectivity index (χ1n) is 8.30. The predicted octanol–water partition coefficient (Wildman–Crippen LogP) is 3.78. The Balaban J connectivity index is 2.13. The van der Waals surface area contributed by atoms with Gasteiger partial charge in [-0.05, 0) is 38.1 Å². The van der Waals surface area contributed by atoms with E-state index in [0.29, 0.717) is 12.1 Å². The summed E-state index contributed by atoms with van der Waals surface area (Å²) in [6.07, 6.45) is 0.505. The monoisotopic (exact) mass is 348 g/mol. The molecule has 0 unspecified atom stereocenters. The molecule has 6 nitrogen and oxygen atoms in total. The first-order chi connectivity index (χ1) is 12.6. The summed E-state index contributed by atoms with van der Waals surface area (Å²) in [5, 5.41) is 13.9. The molecule has 0 radical (unpaired) electrons. The van der Waals surface area contributed by atoms with Crippen molar-refractivity contribution >= 4 is 29.0 Å². The molecule has 1 heterocycles. The summed E-state index contributed by atoms with van der Waals surface area (Å²) in [4.78, 5) is 15.3. The van der Waals surface area contributed by atoms with Crippen LogP contribution in [0.3, 0.4) is 0 Å². The van der Waals surface area contributed by atoms with Crippen LogP contribution < -0.4 is 15.4 Å². The molecule has 0 spiro atoms. The van der Waals surface area contributed by atoms with Crippen LogP contribution in [0, 0.1) is 5.41 Å². The lowest BCUT2D eigenvalue weighted by molar-refractivity contribution is -0.108. The lowest BCUT2D eigenvalue weighted by atomic mass is 10.1. The average Bonchev–Trinajstić information content (AvgIpc) is 2.62. The Bertz CT molecular complexity index is 953. The van der Waals surface area contributed by atoms with E-state index in [4.69, 9.17) is 15.1 Å². The zero-order valence-corrected chi connectivity index (χ0v) is 14.6. The maximum absolute atomic E-state index is 10.6. The Labute approximate surface area is 151 Å². The van der Waals surface area contributed by atoms with Gasteiger partial charge >= 0.3 is 0 Å². The summed E-state index contributed by atoms with van der Waals surface area (Å²) in [6.45, 7) is 3.95. The summed E-state index contributed by atoms with van der Waals surface area (Å²) in [5.74, 6) is 0.645. The first kappa shape index (κ1) is 17.4. The molecule has 2 aromatic carbocycles. The number of ether oxygens (including phenoxy) is 1. The number of benzene rings is 2. The number of aromatic nitrogens is 1. The second-order valence-corrected chi connectivity index (χ2v) is 6.00. The summed E-state index contributed by atoms with van der Waals surface area (Å²) in [7, 11) is 0. The number of hydrogen-bond acceptors (Lipinski definition) is 4. The highest BCUT2D eigenvalue weighted by atomic mass is 16.5. The Morgan fingerprint density at radius 1 is 1.15 bits per heavy atom. The van der Waals surface area contributed by atoms with Crippen LogP contribution in [0.15, 0.2) is 54.6 Å². The van der Waals surface area contributed by atoms with Crippen LogP contribution in [0.5, 0.6) is 5.75 Å². The van der Waals surface area contributed by atoms with Gasteiger partial charge in [-0.1, -0.05) is 30.3 Å². The van der Waals surface area contributed by atoms with Crippen molar-refractivity contribution < 1.29 is 9.53 Å². The first-order valence-corrected chi connectivity index (χ1v) is 8.30. The Morgan fingerprint density at radius 3 is 2.65 bits per heavy atom. The molecule has 26 heavy (non-hydrogen) atoms. The van der Waals surface area contributed by atoms with Crippen LogP contribution in [0.2, 0.25) is 0 Å². The number of anilines is 1. The zero-order valence-electron chi connectivity index (χ0n) is 14.6. The van der Waals surface area contributed by atoms with E-state index < -0.39 is 0 Å². The number of amides is 1. The number of nitrogens with zero attached hydrogens (tertiary/aromatic N) is 1. The topological polar surface area (TPSA) is 87.1 Å². The van der Waals surface area contributed by atoms with Crippen molar-refractivity contribution in [2.24, 2.45) is 0 Å². The van der Waals surface area contributed by atoms with Crippen LogP contribution in [-0.2, 0) is 4.79 Å². The number of carbonyl (C=O) groups excluding carboxylic acids is 1. The molecule has 3 rings (SSSR count). The number of hydrogen-bond donors (Lipinski definition) is 3. The predicted molar refractivity (Wildman–Crippen MR) is 103 cm³/mol. The Morgan fingerprint density at radius 2 is 1.88 bits per heavy atom. The van der Waals surface area contributed by atoms with E-state index in [1.165, 1.54) is 0 Å². The number of nitrogens with one attached hydrogen (secondary N) is 3. The highest BCUT2D eigenvalue weighted by Crippen LogP contribution is 2.33. The third-order valence-electron chi connectivity index (χ3n) is 3.70. The van der Waals surface area contributed by atoms with E-state index in [1.807, 2.05) is 68.4 Å². The number of para-hydroxylation sites is 2. The van der Waals surface area contributed by atoms with E-state index in [-0.39, 0.29) is 12.1 Å². The van der Waals surface area contributed by atoms with Gasteiger partial charge < -0.3 is 10.1 Å². The van der Waals surface area contributed by atoms with Gasteiger partial charge in [0.1, 0.15) is 5.75 Å². The molecule has 0 aliphatic carbocycles. The highest BCUT2D eigenvalue weighted by Gasteiger charge is 2.13. The number of carbonyl (C=O) groups is 1. The van der Waals surface area contributed by atoms with Crippen molar-refractivity contribution in [3.05, 3.63) is 54.6 Å². The van der Waals surface area contributed by atoms with Crippen molar-refractivity contribution in [1.29, 1.82) is 5.41 Å². The second-order valence-electron chi connectivity index (χ2n) is 6.00. The van der Waals surface area contributed by atoms with Crippen molar-refractivity contribution in [2.45, 2.75) is 20.0 Å². The van der Waals surface area contributed by atoms with Gasteiger partial charge in [-0.3, -0.25) is 15.5 Å². The number of fused-ring (bicyclic) bond motifs is 1. The van der Waals surface area contributed by atoms with E-state index >= 15 is 0 Å². The van der Waals surface area contributed by atoms with E-state index in [0.717, 1.165) is 27.9 Å². The molecule has 3 N–H and O–H groups in total. The second kappa shape index (κ2) is 7.65. The number of rotatable bonds is 5. The Kier molecular flexibility index (Phi) is 5.12. The molecular formula is C20H20N4O2. The summed E-state index contributed by atoms with van der Waals surface area (Å²) in [5.41, 5.74) is 3.06. The van der Waals surface area contributed by atoms with E-state index in [2.05, 4.69) is 10.6 Å². The summed E-state index contributed by atoms with van der Waals surface area (Å²) < 4.78 is 5.91.